The normalized spacial score (nSPS) is 12.5. The highest BCUT2D eigenvalue weighted by Gasteiger charge is 2.18. The summed E-state index contributed by atoms with van der Waals surface area (Å²) in [6.07, 6.45) is 0.598. The summed E-state index contributed by atoms with van der Waals surface area (Å²) in [6.45, 7) is 6.04. The lowest BCUT2D eigenvalue weighted by molar-refractivity contribution is 0.397. The van der Waals surface area contributed by atoms with Crippen molar-refractivity contribution in [2.75, 3.05) is 10.5 Å². The molecule has 0 amide bonds. The van der Waals surface area contributed by atoms with Gasteiger partial charge in [0.25, 0.3) is 0 Å². The zero-order valence-electron chi connectivity index (χ0n) is 10.6. The highest BCUT2D eigenvalue weighted by Crippen LogP contribution is 2.31. The molecule has 0 bridgehead atoms. The third kappa shape index (κ3) is 5.16. The summed E-state index contributed by atoms with van der Waals surface area (Å²) in [7, 11) is -3.35. The molecule has 0 spiro atoms. The van der Waals surface area contributed by atoms with Crippen molar-refractivity contribution < 1.29 is 8.42 Å². The fourth-order valence-corrected chi connectivity index (χ4v) is 3.40. The van der Waals surface area contributed by atoms with Crippen LogP contribution in [0.5, 0.6) is 0 Å². The lowest BCUT2D eigenvalue weighted by atomic mass is 9.94. The molecular weight excluding hydrogens is 338 g/mol. The van der Waals surface area contributed by atoms with Gasteiger partial charge in [-0.15, -0.1) is 0 Å². The first kappa shape index (κ1) is 15.8. The molecule has 0 radical (unpaired) electrons. The summed E-state index contributed by atoms with van der Waals surface area (Å²) in [5, 5.41) is 0.478. The first-order chi connectivity index (χ1) is 8.11. The van der Waals surface area contributed by atoms with Gasteiger partial charge in [-0.25, -0.2) is 8.42 Å². The molecule has 1 aromatic carbocycles. The van der Waals surface area contributed by atoms with E-state index >= 15 is 0 Å². The molecule has 0 atom stereocenters. The van der Waals surface area contributed by atoms with Crippen LogP contribution in [-0.2, 0) is 10.0 Å². The van der Waals surface area contributed by atoms with E-state index in [4.69, 9.17) is 11.6 Å². The van der Waals surface area contributed by atoms with Crippen LogP contribution in [0, 0.1) is 5.41 Å². The Balaban J connectivity index is 2.80. The van der Waals surface area contributed by atoms with Crippen LogP contribution < -0.4 is 4.72 Å². The molecule has 102 valence electrons. The molecule has 0 aliphatic carbocycles. The maximum Gasteiger partial charge on any atom is 0.232 e. The quantitative estimate of drug-likeness (QED) is 0.877. The van der Waals surface area contributed by atoms with Crippen molar-refractivity contribution in [2.24, 2.45) is 5.41 Å². The van der Waals surface area contributed by atoms with Gasteiger partial charge in [0, 0.05) is 0 Å². The predicted molar refractivity (Wildman–Crippen MR) is 80.6 cm³/mol. The van der Waals surface area contributed by atoms with Gasteiger partial charge < -0.3 is 0 Å². The van der Waals surface area contributed by atoms with Crippen LogP contribution >= 0.6 is 27.5 Å². The molecule has 0 unspecified atom stereocenters. The number of sulfonamides is 1. The minimum atomic E-state index is -3.35. The highest BCUT2D eigenvalue weighted by molar-refractivity contribution is 9.10. The summed E-state index contributed by atoms with van der Waals surface area (Å²) in [5.41, 5.74) is 0.455. The van der Waals surface area contributed by atoms with Crippen molar-refractivity contribution in [1.29, 1.82) is 0 Å². The van der Waals surface area contributed by atoms with E-state index in [9.17, 15) is 8.42 Å². The number of hydrogen-bond donors (Lipinski definition) is 1. The summed E-state index contributed by atoms with van der Waals surface area (Å²) >= 11 is 9.18. The SMILES string of the molecule is CC(C)(C)CCS(=O)(=O)Nc1cccc(Cl)c1Br. The Morgan fingerprint density at radius 1 is 1.33 bits per heavy atom. The van der Waals surface area contributed by atoms with Gasteiger partial charge in [0.05, 0.1) is 20.9 Å². The molecule has 0 aromatic heterocycles. The summed E-state index contributed by atoms with van der Waals surface area (Å²) < 4.78 is 27.0. The van der Waals surface area contributed by atoms with E-state index in [1.807, 2.05) is 20.8 Å². The van der Waals surface area contributed by atoms with Crippen molar-refractivity contribution >= 4 is 43.2 Å². The first-order valence-corrected chi connectivity index (χ1v) is 8.37. The molecule has 0 heterocycles. The van der Waals surface area contributed by atoms with E-state index in [0.717, 1.165) is 0 Å². The Hall–Kier alpha value is -0.260. The molecule has 0 fully saturated rings. The molecule has 6 heteroatoms. The van der Waals surface area contributed by atoms with Gasteiger partial charge in [0.2, 0.25) is 10.0 Å². The molecule has 0 saturated heterocycles. The zero-order valence-corrected chi connectivity index (χ0v) is 13.8. The van der Waals surface area contributed by atoms with Gasteiger partial charge in [-0.1, -0.05) is 38.4 Å². The zero-order chi connectivity index (χ0) is 14.0. The summed E-state index contributed by atoms with van der Waals surface area (Å²) in [4.78, 5) is 0. The molecule has 18 heavy (non-hydrogen) atoms. The molecular formula is C12H17BrClNO2S. The fourth-order valence-electron chi connectivity index (χ4n) is 1.24. The Bertz CT molecular complexity index is 523. The fraction of sp³-hybridized carbons (Fsp3) is 0.500. The number of hydrogen-bond acceptors (Lipinski definition) is 2. The second kappa shape index (κ2) is 5.80. The standard InChI is InChI=1S/C12H17BrClNO2S/c1-12(2,3)7-8-18(16,17)15-10-6-4-5-9(14)11(10)13/h4-6,15H,7-8H2,1-3H3. The third-order valence-corrected chi connectivity index (χ3v) is 5.01. The Morgan fingerprint density at radius 3 is 2.50 bits per heavy atom. The predicted octanol–water partition coefficient (Wildman–Crippen LogP) is 4.28. The number of halogens is 2. The molecule has 0 aliphatic rings. The average Bonchev–Trinajstić information content (AvgIpc) is 2.21. The van der Waals surface area contributed by atoms with Crippen LogP contribution in [-0.4, -0.2) is 14.2 Å². The van der Waals surface area contributed by atoms with Crippen LogP contribution in [0.3, 0.4) is 0 Å². The van der Waals surface area contributed by atoms with E-state index < -0.39 is 10.0 Å². The van der Waals surface area contributed by atoms with Gasteiger partial charge in [0.15, 0.2) is 0 Å². The molecule has 3 nitrogen and oxygen atoms in total. The summed E-state index contributed by atoms with van der Waals surface area (Å²) in [6, 6.07) is 5.07. The Kier molecular flexibility index (Phi) is 5.09. The van der Waals surface area contributed by atoms with Crippen LogP contribution in [0.15, 0.2) is 22.7 Å². The molecule has 0 aliphatic heterocycles. The molecule has 0 saturated carbocycles. The van der Waals surface area contributed by atoms with Crippen molar-refractivity contribution in [2.45, 2.75) is 27.2 Å². The van der Waals surface area contributed by atoms with Crippen molar-refractivity contribution in [3.8, 4) is 0 Å². The summed E-state index contributed by atoms with van der Waals surface area (Å²) in [5.74, 6) is 0.0927. The molecule has 1 N–H and O–H groups in total. The molecule has 1 rings (SSSR count). The van der Waals surface area contributed by atoms with Crippen LogP contribution in [0.1, 0.15) is 27.2 Å². The maximum atomic E-state index is 11.9. The number of rotatable bonds is 4. The second-order valence-electron chi connectivity index (χ2n) is 5.33. The van der Waals surface area contributed by atoms with Crippen LogP contribution in [0.2, 0.25) is 5.02 Å². The van der Waals surface area contributed by atoms with E-state index in [2.05, 4.69) is 20.7 Å². The van der Waals surface area contributed by atoms with E-state index in [0.29, 0.717) is 21.6 Å². The lowest BCUT2D eigenvalue weighted by Gasteiger charge is -2.18. The number of benzene rings is 1. The number of nitrogens with one attached hydrogen (secondary N) is 1. The van der Waals surface area contributed by atoms with Gasteiger partial charge in [-0.3, -0.25) is 4.72 Å². The Morgan fingerprint density at radius 2 is 1.94 bits per heavy atom. The van der Waals surface area contributed by atoms with Gasteiger partial charge in [0.1, 0.15) is 0 Å². The maximum absolute atomic E-state index is 11.9. The smallest absolute Gasteiger partial charge is 0.232 e. The average molecular weight is 355 g/mol. The lowest BCUT2D eigenvalue weighted by Crippen LogP contribution is -2.21. The van der Waals surface area contributed by atoms with Gasteiger partial charge in [-0.2, -0.15) is 0 Å². The largest absolute Gasteiger partial charge is 0.282 e. The Labute approximate surface area is 122 Å². The van der Waals surface area contributed by atoms with Crippen molar-refractivity contribution in [1.82, 2.24) is 0 Å². The van der Waals surface area contributed by atoms with Gasteiger partial charge >= 0.3 is 0 Å². The topological polar surface area (TPSA) is 46.2 Å². The highest BCUT2D eigenvalue weighted by atomic mass is 79.9. The van der Waals surface area contributed by atoms with Crippen molar-refractivity contribution in [3.05, 3.63) is 27.7 Å². The van der Waals surface area contributed by atoms with Crippen LogP contribution in [0.25, 0.3) is 0 Å². The monoisotopic (exact) mass is 353 g/mol. The van der Waals surface area contributed by atoms with E-state index in [1.54, 1.807) is 18.2 Å². The number of anilines is 1. The first-order valence-electron chi connectivity index (χ1n) is 5.55. The van der Waals surface area contributed by atoms with E-state index in [-0.39, 0.29) is 11.2 Å². The minimum Gasteiger partial charge on any atom is -0.282 e. The minimum absolute atomic E-state index is 0.0136. The van der Waals surface area contributed by atoms with E-state index in [1.165, 1.54) is 0 Å². The van der Waals surface area contributed by atoms with Gasteiger partial charge in [-0.05, 0) is 39.9 Å². The van der Waals surface area contributed by atoms with Crippen molar-refractivity contribution in [3.63, 3.8) is 0 Å². The van der Waals surface area contributed by atoms with Crippen LogP contribution in [0.4, 0.5) is 5.69 Å². The second-order valence-corrected chi connectivity index (χ2v) is 8.38. The third-order valence-electron chi connectivity index (χ3n) is 2.34. The molecule has 1 aromatic rings.